The van der Waals surface area contributed by atoms with E-state index in [4.69, 9.17) is 0 Å². The van der Waals surface area contributed by atoms with E-state index in [1.807, 2.05) is 0 Å². The molecule has 0 bridgehead atoms. The Morgan fingerprint density at radius 2 is 1.28 bits per heavy atom. The van der Waals surface area contributed by atoms with Crippen LogP contribution in [0.4, 0.5) is 26.3 Å². The highest BCUT2D eigenvalue weighted by Gasteiger charge is 2.44. The number of rotatable bonds is 0. The van der Waals surface area contributed by atoms with Crippen LogP contribution >= 0.6 is 0 Å². The maximum absolute atomic E-state index is 12.8. The fraction of sp³-hybridized carbons (Fsp3) is 0.167. The molecule has 0 saturated carbocycles. The third kappa shape index (κ3) is 2.14. The van der Waals surface area contributed by atoms with Gasteiger partial charge < -0.3 is 0 Å². The fourth-order valence-electron chi connectivity index (χ4n) is 1.81. The average Bonchev–Trinajstić information content (AvgIpc) is 2.24. The molecule has 18 heavy (non-hydrogen) atoms. The highest BCUT2D eigenvalue weighted by atomic mass is 19.4. The van der Waals surface area contributed by atoms with Gasteiger partial charge in [-0.1, -0.05) is 30.3 Å². The molecule has 0 fully saturated rings. The van der Waals surface area contributed by atoms with E-state index in [2.05, 4.69) is 0 Å². The van der Waals surface area contributed by atoms with Crippen molar-refractivity contribution in [3.63, 3.8) is 0 Å². The Morgan fingerprint density at radius 3 is 1.83 bits per heavy atom. The first-order valence-electron chi connectivity index (χ1n) is 4.87. The SMILES string of the molecule is FC(F)(F)c1ccc2ccccc2c1C(F)(F)F. The quantitative estimate of drug-likeness (QED) is 0.595. The molecule has 0 aliphatic carbocycles. The predicted octanol–water partition coefficient (Wildman–Crippen LogP) is 4.88. The second-order valence-electron chi connectivity index (χ2n) is 3.70. The Balaban J connectivity index is 2.89. The normalized spacial score (nSPS) is 13.0. The van der Waals surface area contributed by atoms with Crippen LogP contribution in [0.3, 0.4) is 0 Å². The van der Waals surface area contributed by atoms with Gasteiger partial charge in [0, 0.05) is 0 Å². The summed E-state index contributed by atoms with van der Waals surface area (Å²) in [7, 11) is 0. The first-order chi connectivity index (χ1) is 8.21. The summed E-state index contributed by atoms with van der Waals surface area (Å²) in [4.78, 5) is 0. The zero-order valence-corrected chi connectivity index (χ0v) is 8.73. The van der Waals surface area contributed by atoms with Crippen LogP contribution in [0.5, 0.6) is 0 Å². The summed E-state index contributed by atoms with van der Waals surface area (Å²) in [6.45, 7) is 0. The molecule has 0 N–H and O–H groups in total. The van der Waals surface area contributed by atoms with Gasteiger partial charge >= 0.3 is 12.4 Å². The van der Waals surface area contributed by atoms with Crippen LogP contribution in [-0.2, 0) is 12.4 Å². The molecule has 0 amide bonds. The topological polar surface area (TPSA) is 0 Å². The van der Waals surface area contributed by atoms with Crippen molar-refractivity contribution in [3.05, 3.63) is 47.5 Å². The minimum absolute atomic E-state index is 0.123. The van der Waals surface area contributed by atoms with Crippen LogP contribution in [0.1, 0.15) is 11.1 Å². The molecule has 0 atom stereocenters. The summed E-state index contributed by atoms with van der Waals surface area (Å²) in [5.41, 5.74) is -3.29. The van der Waals surface area contributed by atoms with Crippen LogP contribution < -0.4 is 0 Å². The minimum atomic E-state index is -5.05. The summed E-state index contributed by atoms with van der Waals surface area (Å²) in [6, 6.07) is 6.62. The number of hydrogen-bond acceptors (Lipinski definition) is 0. The molecular weight excluding hydrogens is 258 g/mol. The van der Waals surface area contributed by atoms with Crippen LogP contribution in [0, 0.1) is 0 Å². The monoisotopic (exact) mass is 264 g/mol. The van der Waals surface area contributed by atoms with E-state index in [0.717, 1.165) is 12.1 Å². The van der Waals surface area contributed by atoms with Crippen molar-refractivity contribution in [3.8, 4) is 0 Å². The Morgan fingerprint density at radius 1 is 0.667 bits per heavy atom. The molecule has 96 valence electrons. The van der Waals surface area contributed by atoms with E-state index in [1.54, 1.807) is 0 Å². The van der Waals surface area contributed by atoms with E-state index in [9.17, 15) is 26.3 Å². The standard InChI is InChI=1S/C12H6F6/c13-11(14,15)9-6-5-7-3-1-2-4-8(7)10(9)12(16,17)18/h1-6H. The first-order valence-corrected chi connectivity index (χ1v) is 4.87. The molecule has 0 aromatic heterocycles. The summed E-state index contributed by atoms with van der Waals surface area (Å²) >= 11 is 0. The van der Waals surface area contributed by atoms with Crippen molar-refractivity contribution in [1.29, 1.82) is 0 Å². The van der Waals surface area contributed by atoms with Gasteiger partial charge in [0.05, 0.1) is 11.1 Å². The van der Waals surface area contributed by atoms with Gasteiger partial charge in [-0.3, -0.25) is 0 Å². The van der Waals surface area contributed by atoms with E-state index in [0.29, 0.717) is 6.07 Å². The third-order valence-electron chi connectivity index (χ3n) is 2.52. The molecule has 0 unspecified atom stereocenters. The van der Waals surface area contributed by atoms with E-state index in [-0.39, 0.29) is 5.39 Å². The summed E-state index contributed by atoms with van der Waals surface area (Å²) in [5, 5.41) is -0.322. The maximum Gasteiger partial charge on any atom is 0.417 e. The maximum atomic E-state index is 12.8. The number of fused-ring (bicyclic) bond motifs is 1. The highest BCUT2D eigenvalue weighted by molar-refractivity contribution is 5.87. The largest absolute Gasteiger partial charge is 0.417 e. The second-order valence-corrected chi connectivity index (χ2v) is 3.70. The van der Waals surface area contributed by atoms with Crippen molar-refractivity contribution >= 4 is 10.8 Å². The number of alkyl halides is 6. The predicted molar refractivity (Wildman–Crippen MR) is 54.0 cm³/mol. The van der Waals surface area contributed by atoms with Gasteiger partial charge in [0.15, 0.2) is 0 Å². The second kappa shape index (κ2) is 3.90. The number of hydrogen-bond donors (Lipinski definition) is 0. The van der Waals surface area contributed by atoms with E-state index >= 15 is 0 Å². The third-order valence-corrected chi connectivity index (χ3v) is 2.52. The lowest BCUT2D eigenvalue weighted by Gasteiger charge is -2.17. The molecule has 2 aromatic carbocycles. The summed E-state index contributed by atoms with van der Waals surface area (Å²) in [6.07, 6.45) is -10.1. The summed E-state index contributed by atoms with van der Waals surface area (Å²) in [5.74, 6) is 0. The van der Waals surface area contributed by atoms with Crippen LogP contribution in [0.2, 0.25) is 0 Å². The zero-order chi connectivity index (χ0) is 13.6. The molecule has 0 spiro atoms. The van der Waals surface area contributed by atoms with Gasteiger partial charge in [0.25, 0.3) is 0 Å². The Labute approximate surface area is 97.8 Å². The highest BCUT2D eigenvalue weighted by Crippen LogP contribution is 2.43. The van der Waals surface area contributed by atoms with Crippen LogP contribution in [-0.4, -0.2) is 0 Å². The summed E-state index contributed by atoms with van der Waals surface area (Å²) < 4.78 is 76.2. The smallest absolute Gasteiger partial charge is 0.166 e. The van der Waals surface area contributed by atoms with Crippen LogP contribution in [0.15, 0.2) is 36.4 Å². The minimum Gasteiger partial charge on any atom is -0.166 e. The van der Waals surface area contributed by atoms with Crippen LogP contribution in [0.25, 0.3) is 10.8 Å². The van der Waals surface area contributed by atoms with Gasteiger partial charge in [-0.2, -0.15) is 26.3 Å². The number of halogens is 6. The molecule has 0 radical (unpaired) electrons. The van der Waals surface area contributed by atoms with E-state index in [1.165, 1.54) is 18.2 Å². The first kappa shape index (κ1) is 12.7. The molecule has 0 aliphatic heterocycles. The molecule has 0 nitrogen and oxygen atoms in total. The van der Waals surface area contributed by atoms with Gasteiger partial charge in [0.1, 0.15) is 0 Å². The fourth-order valence-corrected chi connectivity index (χ4v) is 1.81. The molecular formula is C12H6F6. The van der Waals surface area contributed by atoms with Crippen molar-refractivity contribution in [2.45, 2.75) is 12.4 Å². The van der Waals surface area contributed by atoms with Gasteiger partial charge in [0.2, 0.25) is 0 Å². The molecule has 6 heteroatoms. The zero-order valence-electron chi connectivity index (χ0n) is 8.73. The van der Waals surface area contributed by atoms with Gasteiger partial charge in [-0.15, -0.1) is 0 Å². The van der Waals surface area contributed by atoms with Gasteiger partial charge in [-0.25, -0.2) is 0 Å². The van der Waals surface area contributed by atoms with Crippen molar-refractivity contribution in [2.24, 2.45) is 0 Å². The molecule has 0 heterocycles. The Bertz CT molecular complexity index is 579. The van der Waals surface area contributed by atoms with Crippen molar-refractivity contribution in [1.82, 2.24) is 0 Å². The lowest BCUT2D eigenvalue weighted by atomic mass is 9.98. The molecule has 0 aliphatic rings. The average molecular weight is 264 g/mol. The number of benzene rings is 2. The lowest BCUT2D eigenvalue weighted by molar-refractivity contribution is -0.161. The molecule has 0 saturated heterocycles. The molecule has 2 aromatic rings. The lowest BCUT2D eigenvalue weighted by Crippen LogP contribution is -2.16. The van der Waals surface area contributed by atoms with E-state index < -0.39 is 28.9 Å². The van der Waals surface area contributed by atoms with Crippen molar-refractivity contribution < 1.29 is 26.3 Å². The van der Waals surface area contributed by atoms with Gasteiger partial charge in [-0.05, 0) is 16.8 Å². The Kier molecular flexibility index (Phi) is 2.76. The molecule has 2 rings (SSSR count). The van der Waals surface area contributed by atoms with Crippen molar-refractivity contribution in [2.75, 3.05) is 0 Å². The Hall–Kier alpha value is -1.72.